The second kappa shape index (κ2) is 4.07. The summed E-state index contributed by atoms with van der Waals surface area (Å²) in [4.78, 5) is 10.9. The third kappa shape index (κ3) is 2.02. The van der Waals surface area contributed by atoms with Crippen LogP contribution in [0, 0.1) is 0 Å². The second-order valence-corrected chi connectivity index (χ2v) is 6.83. The van der Waals surface area contributed by atoms with Gasteiger partial charge in [-0.1, -0.05) is 6.07 Å². The van der Waals surface area contributed by atoms with Crippen molar-refractivity contribution in [2.45, 2.75) is 30.7 Å². The molecule has 1 aliphatic rings. The molecule has 1 aromatic rings. The van der Waals surface area contributed by atoms with Crippen molar-refractivity contribution in [1.82, 2.24) is 4.31 Å². The maximum atomic E-state index is 12.3. The number of nitrogens with zero attached hydrogens (tertiary/aromatic N) is 1. The van der Waals surface area contributed by atoms with Crippen molar-refractivity contribution in [1.29, 1.82) is 0 Å². The summed E-state index contributed by atoms with van der Waals surface area (Å²) in [6, 6.07) is 5.45. The fourth-order valence-corrected chi connectivity index (χ4v) is 3.87. The van der Waals surface area contributed by atoms with Crippen LogP contribution in [0.5, 0.6) is 0 Å². The van der Waals surface area contributed by atoms with Gasteiger partial charge in [0.2, 0.25) is 10.0 Å². The summed E-state index contributed by atoms with van der Waals surface area (Å²) in [5.74, 6) is -1.13. The molecule has 0 spiro atoms. The van der Waals surface area contributed by atoms with Crippen molar-refractivity contribution in [3.63, 3.8) is 0 Å². The van der Waals surface area contributed by atoms with E-state index in [0.29, 0.717) is 6.54 Å². The fraction of sp³-hybridized carbons (Fsp3) is 0.417. The molecule has 6 heteroatoms. The lowest BCUT2D eigenvalue weighted by Gasteiger charge is -2.46. The molecule has 0 bridgehead atoms. The molecule has 1 heterocycles. The van der Waals surface area contributed by atoms with Crippen molar-refractivity contribution in [2.75, 3.05) is 6.54 Å². The molecule has 1 N–H and O–H groups in total. The summed E-state index contributed by atoms with van der Waals surface area (Å²) >= 11 is 0. The molecular weight excluding hydrogens is 254 g/mol. The molecule has 0 aliphatic carbocycles. The van der Waals surface area contributed by atoms with E-state index >= 15 is 0 Å². The van der Waals surface area contributed by atoms with Crippen molar-refractivity contribution in [3.05, 3.63) is 29.8 Å². The Bertz CT molecular complexity index is 592. The number of aromatic carboxylic acids is 1. The monoisotopic (exact) mass is 269 g/mol. The largest absolute Gasteiger partial charge is 0.478 e. The molecule has 0 amide bonds. The van der Waals surface area contributed by atoms with Crippen molar-refractivity contribution >= 4 is 16.0 Å². The molecule has 0 unspecified atom stereocenters. The first-order chi connectivity index (χ1) is 8.25. The molecule has 0 aromatic heterocycles. The maximum absolute atomic E-state index is 12.3. The van der Waals surface area contributed by atoms with E-state index in [9.17, 15) is 13.2 Å². The van der Waals surface area contributed by atoms with Crippen molar-refractivity contribution in [2.24, 2.45) is 0 Å². The van der Waals surface area contributed by atoms with Crippen molar-refractivity contribution in [3.8, 4) is 0 Å². The predicted molar refractivity (Wildman–Crippen MR) is 66.0 cm³/mol. The Morgan fingerprint density at radius 3 is 2.50 bits per heavy atom. The van der Waals surface area contributed by atoms with Crippen molar-refractivity contribution < 1.29 is 18.3 Å². The lowest BCUT2D eigenvalue weighted by molar-refractivity contribution is 0.0696. The standard InChI is InChI=1S/C12H15NO4S/c1-12(2)6-7-13(12)18(16,17)10-5-3-4-9(8-10)11(14)15/h3-5,8H,6-7H2,1-2H3,(H,14,15). The van der Waals surface area contributed by atoms with E-state index in [1.54, 1.807) is 0 Å². The molecule has 98 valence electrons. The smallest absolute Gasteiger partial charge is 0.335 e. The number of carbonyl (C=O) groups is 1. The van der Waals surface area contributed by atoms with E-state index in [4.69, 9.17) is 5.11 Å². The number of hydrogen-bond donors (Lipinski definition) is 1. The summed E-state index contributed by atoms with van der Waals surface area (Å²) in [5.41, 5.74) is -0.410. The van der Waals surface area contributed by atoms with Crippen LogP contribution < -0.4 is 0 Å². The number of carboxylic acids is 1. The van der Waals surface area contributed by atoms with E-state index in [1.807, 2.05) is 13.8 Å². The molecule has 5 nitrogen and oxygen atoms in total. The highest BCUT2D eigenvalue weighted by Crippen LogP contribution is 2.35. The van der Waals surface area contributed by atoms with Crippen LogP contribution in [0.1, 0.15) is 30.6 Å². The summed E-state index contributed by atoms with van der Waals surface area (Å²) < 4.78 is 26.1. The van der Waals surface area contributed by atoms with Crippen LogP contribution in [0.15, 0.2) is 29.2 Å². The Hall–Kier alpha value is -1.40. The van der Waals surface area contributed by atoms with Gasteiger partial charge in [0.05, 0.1) is 10.5 Å². The number of carboxylic acid groups (broad SMARTS) is 1. The molecular formula is C12H15NO4S. The highest BCUT2D eigenvalue weighted by atomic mass is 32.2. The summed E-state index contributed by atoms with van der Waals surface area (Å²) in [5, 5.41) is 8.88. The molecule has 1 saturated heterocycles. The van der Waals surface area contributed by atoms with E-state index in [0.717, 1.165) is 6.42 Å². The molecule has 18 heavy (non-hydrogen) atoms. The van der Waals surface area contributed by atoms with E-state index in [-0.39, 0.29) is 10.5 Å². The van der Waals surface area contributed by atoms with Gasteiger partial charge < -0.3 is 5.11 Å². The Morgan fingerprint density at radius 1 is 1.39 bits per heavy atom. The minimum atomic E-state index is -3.60. The zero-order valence-electron chi connectivity index (χ0n) is 10.3. The lowest BCUT2D eigenvalue weighted by atomic mass is 9.93. The average molecular weight is 269 g/mol. The van der Waals surface area contributed by atoms with Gasteiger partial charge in [0.25, 0.3) is 0 Å². The number of rotatable bonds is 3. The van der Waals surface area contributed by atoms with Gasteiger partial charge >= 0.3 is 5.97 Å². The van der Waals surface area contributed by atoms with Crippen LogP contribution in [-0.4, -0.2) is 35.9 Å². The highest BCUT2D eigenvalue weighted by Gasteiger charge is 2.44. The number of hydrogen-bond acceptors (Lipinski definition) is 3. The minimum absolute atomic E-state index is 0.0191. The Labute approximate surface area is 106 Å². The predicted octanol–water partition coefficient (Wildman–Crippen LogP) is 1.56. The molecule has 1 aromatic carbocycles. The zero-order chi connectivity index (χ0) is 13.6. The van der Waals surface area contributed by atoms with Crippen LogP contribution in [0.3, 0.4) is 0 Å². The Balaban J connectivity index is 2.42. The Kier molecular flexibility index (Phi) is 2.95. The Morgan fingerprint density at radius 2 is 2.06 bits per heavy atom. The molecule has 0 atom stereocenters. The normalized spacial score (nSPS) is 19.2. The molecule has 0 radical (unpaired) electrons. The number of sulfonamides is 1. The van der Waals surface area contributed by atoms with E-state index in [2.05, 4.69) is 0 Å². The topological polar surface area (TPSA) is 74.7 Å². The third-order valence-corrected chi connectivity index (χ3v) is 5.38. The van der Waals surface area contributed by atoms with Crippen LogP contribution in [0.2, 0.25) is 0 Å². The van der Waals surface area contributed by atoms with Crippen LogP contribution in [0.4, 0.5) is 0 Å². The minimum Gasteiger partial charge on any atom is -0.478 e. The first kappa shape index (κ1) is 13.0. The molecule has 0 saturated carbocycles. The van der Waals surface area contributed by atoms with Gasteiger partial charge in [-0.05, 0) is 38.5 Å². The summed E-state index contributed by atoms with van der Waals surface area (Å²) in [6.07, 6.45) is 0.810. The molecule has 1 aliphatic heterocycles. The van der Waals surface area contributed by atoms with Gasteiger partial charge in [-0.2, -0.15) is 4.31 Å². The lowest BCUT2D eigenvalue weighted by Crippen LogP contribution is -2.58. The first-order valence-corrected chi connectivity index (χ1v) is 7.05. The SMILES string of the molecule is CC1(C)CCN1S(=O)(=O)c1cccc(C(=O)O)c1. The summed E-state index contributed by atoms with van der Waals surface area (Å²) in [6.45, 7) is 4.19. The molecule has 1 fully saturated rings. The van der Waals surface area contributed by atoms with Crippen LogP contribution >= 0.6 is 0 Å². The second-order valence-electron chi connectivity index (χ2n) is 4.97. The quantitative estimate of drug-likeness (QED) is 0.903. The van der Waals surface area contributed by atoms with Gasteiger partial charge in [-0.3, -0.25) is 0 Å². The van der Waals surface area contributed by atoms with Crippen LogP contribution in [0.25, 0.3) is 0 Å². The maximum Gasteiger partial charge on any atom is 0.335 e. The highest BCUT2D eigenvalue weighted by molar-refractivity contribution is 7.89. The zero-order valence-corrected chi connectivity index (χ0v) is 11.1. The van der Waals surface area contributed by atoms with Crippen LogP contribution in [-0.2, 0) is 10.0 Å². The first-order valence-electron chi connectivity index (χ1n) is 5.61. The van der Waals surface area contributed by atoms with Gasteiger partial charge in [0, 0.05) is 12.1 Å². The van der Waals surface area contributed by atoms with Gasteiger partial charge in [-0.25, -0.2) is 13.2 Å². The van der Waals surface area contributed by atoms with E-state index in [1.165, 1.54) is 28.6 Å². The van der Waals surface area contributed by atoms with E-state index < -0.39 is 21.5 Å². The third-order valence-electron chi connectivity index (χ3n) is 3.27. The fourth-order valence-electron chi connectivity index (χ4n) is 2.01. The summed E-state index contributed by atoms with van der Waals surface area (Å²) in [7, 11) is -3.60. The number of benzene rings is 1. The van der Waals surface area contributed by atoms with Gasteiger partial charge in [0.1, 0.15) is 0 Å². The molecule has 2 rings (SSSR count). The average Bonchev–Trinajstić information content (AvgIpc) is 2.27. The van der Waals surface area contributed by atoms with Gasteiger partial charge in [-0.15, -0.1) is 0 Å². The van der Waals surface area contributed by atoms with Gasteiger partial charge in [0.15, 0.2) is 0 Å².